The molecule has 1 amide bonds. The van der Waals surface area contributed by atoms with Gasteiger partial charge in [-0.15, -0.1) is 0 Å². The predicted octanol–water partition coefficient (Wildman–Crippen LogP) is 4.07. The van der Waals surface area contributed by atoms with E-state index in [2.05, 4.69) is 18.2 Å². The van der Waals surface area contributed by atoms with Gasteiger partial charge in [-0.05, 0) is 52.9 Å². The molecule has 0 aliphatic carbocycles. The Hall–Kier alpha value is -3.42. The van der Waals surface area contributed by atoms with Crippen LogP contribution in [0.25, 0.3) is 22.3 Å². The molecule has 0 radical (unpaired) electrons. The Labute approximate surface area is 164 Å². The van der Waals surface area contributed by atoms with E-state index in [9.17, 15) is 4.79 Å². The maximum atomic E-state index is 13.0. The Morgan fingerprint density at radius 1 is 0.964 bits per heavy atom. The van der Waals surface area contributed by atoms with Gasteiger partial charge in [0.25, 0.3) is 5.91 Å². The normalized spacial score (nSPS) is 16.0. The summed E-state index contributed by atoms with van der Waals surface area (Å²) in [6, 6.07) is 25.6. The maximum absolute atomic E-state index is 13.0. The number of nitriles is 1. The van der Waals surface area contributed by atoms with Gasteiger partial charge in [0, 0.05) is 24.7 Å². The molecule has 1 aliphatic rings. The van der Waals surface area contributed by atoms with E-state index in [0.717, 1.165) is 28.7 Å². The number of hydrogen-bond acceptors (Lipinski definition) is 3. The van der Waals surface area contributed by atoms with Crippen LogP contribution < -0.4 is 5.73 Å². The molecule has 28 heavy (non-hydrogen) atoms. The Kier molecular flexibility index (Phi) is 4.92. The topological polar surface area (TPSA) is 70.1 Å². The lowest BCUT2D eigenvalue weighted by atomic mass is 9.92. The average Bonchev–Trinajstić information content (AvgIpc) is 3.20. The Balaban J connectivity index is 1.79. The molecule has 1 aliphatic heterocycles. The van der Waals surface area contributed by atoms with Crippen LogP contribution in [0, 0.1) is 11.3 Å². The van der Waals surface area contributed by atoms with Crippen molar-refractivity contribution < 1.29 is 4.79 Å². The highest BCUT2D eigenvalue weighted by molar-refractivity contribution is 5.98. The van der Waals surface area contributed by atoms with Crippen LogP contribution in [0.5, 0.6) is 0 Å². The minimum atomic E-state index is 0.0162. The molecule has 0 saturated carbocycles. The van der Waals surface area contributed by atoms with Crippen molar-refractivity contribution in [3.05, 3.63) is 83.9 Å². The standard InChI is InChI=1S/C24H21N3O/c25-15-17-6-8-19(9-7-17)23-14-20(24(28)27-13-12-21(26)16-27)10-11-22(23)18-4-2-1-3-5-18/h1-11,14,21H,12-13,16,26H2/t21-/m0/s1. The molecule has 0 spiro atoms. The van der Waals surface area contributed by atoms with Gasteiger partial charge in [-0.3, -0.25) is 4.79 Å². The van der Waals surface area contributed by atoms with Gasteiger partial charge in [0.1, 0.15) is 0 Å². The van der Waals surface area contributed by atoms with Gasteiger partial charge in [0.15, 0.2) is 0 Å². The van der Waals surface area contributed by atoms with E-state index < -0.39 is 0 Å². The second-order valence-corrected chi connectivity index (χ2v) is 7.12. The number of nitrogens with two attached hydrogens (primary N) is 1. The summed E-state index contributed by atoms with van der Waals surface area (Å²) < 4.78 is 0. The fourth-order valence-corrected chi connectivity index (χ4v) is 3.66. The van der Waals surface area contributed by atoms with Crippen LogP contribution in [0.2, 0.25) is 0 Å². The fourth-order valence-electron chi connectivity index (χ4n) is 3.66. The molecule has 2 N–H and O–H groups in total. The van der Waals surface area contributed by atoms with Crippen LogP contribution in [-0.2, 0) is 0 Å². The van der Waals surface area contributed by atoms with Gasteiger partial charge in [-0.25, -0.2) is 0 Å². The predicted molar refractivity (Wildman–Crippen MR) is 111 cm³/mol. The first-order valence-electron chi connectivity index (χ1n) is 9.40. The third-order valence-electron chi connectivity index (χ3n) is 5.19. The van der Waals surface area contributed by atoms with E-state index in [1.807, 2.05) is 53.4 Å². The molecule has 1 saturated heterocycles. The van der Waals surface area contributed by atoms with Gasteiger partial charge < -0.3 is 10.6 Å². The zero-order chi connectivity index (χ0) is 19.5. The molecule has 4 rings (SSSR count). The maximum Gasteiger partial charge on any atom is 0.253 e. The first-order valence-corrected chi connectivity index (χ1v) is 9.40. The highest BCUT2D eigenvalue weighted by Crippen LogP contribution is 2.33. The van der Waals surface area contributed by atoms with Crippen LogP contribution in [0.1, 0.15) is 22.3 Å². The lowest BCUT2D eigenvalue weighted by molar-refractivity contribution is 0.0791. The molecule has 0 bridgehead atoms. The Morgan fingerprint density at radius 2 is 1.68 bits per heavy atom. The minimum Gasteiger partial charge on any atom is -0.337 e. The van der Waals surface area contributed by atoms with Gasteiger partial charge >= 0.3 is 0 Å². The molecule has 1 fully saturated rings. The third kappa shape index (κ3) is 3.53. The minimum absolute atomic E-state index is 0.0162. The number of benzene rings is 3. The highest BCUT2D eigenvalue weighted by atomic mass is 16.2. The first kappa shape index (κ1) is 18.0. The van der Waals surface area contributed by atoms with E-state index in [4.69, 9.17) is 11.0 Å². The van der Waals surface area contributed by atoms with E-state index >= 15 is 0 Å². The Bertz CT molecular complexity index is 1040. The second kappa shape index (κ2) is 7.67. The monoisotopic (exact) mass is 367 g/mol. The van der Waals surface area contributed by atoms with Crippen molar-refractivity contribution in [3.8, 4) is 28.3 Å². The zero-order valence-electron chi connectivity index (χ0n) is 15.5. The molecule has 0 unspecified atom stereocenters. The summed E-state index contributed by atoms with van der Waals surface area (Å²) in [5.74, 6) is 0.0162. The SMILES string of the molecule is N#Cc1ccc(-c2cc(C(=O)N3CC[C@H](N)C3)ccc2-c2ccccc2)cc1. The van der Waals surface area contributed by atoms with Crippen molar-refractivity contribution in [2.75, 3.05) is 13.1 Å². The van der Waals surface area contributed by atoms with E-state index in [1.165, 1.54) is 0 Å². The molecule has 138 valence electrons. The lowest BCUT2D eigenvalue weighted by Crippen LogP contribution is -2.31. The Morgan fingerprint density at radius 3 is 2.32 bits per heavy atom. The second-order valence-electron chi connectivity index (χ2n) is 7.12. The molecule has 3 aromatic rings. The molecular formula is C24H21N3O. The van der Waals surface area contributed by atoms with Gasteiger partial charge in [0.2, 0.25) is 0 Å². The summed E-state index contributed by atoms with van der Waals surface area (Å²) in [4.78, 5) is 14.8. The number of hydrogen-bond donors (Lipinski definition) is 1. The highest BCUT2D eigenvalue weighted by Gasteiger charge is 2.25. The van der Waals surface area contributed by atoms with Crippen LogP contribution in [0.4, 0.5) is 0 Å². The van der Waals surface area contributed by atoms with Crippen molar-refractivity contribution in [2.45, 2.75) is 12.5 Å². The van der Waals surface area contributed by atoms with Gasteiger partial charge in [-0.1, -0.05) is 48.5 Å². The molecule has 1 atom stereocenters. The largest absolute Gasteiger partial charge is 0.337 e. The molecule has 1 heterocycles. The molecule has 4 heteroatoms. The summed E-state index contributed by atoms with van der Waals surface area (Å²) in [5, 5.41) is 9.08. The summed E-state index contributed by atoms with van der Waals surface area (Å²) >= 11 is 0. The fraction of sp³-hybridized carbons (Fsp3) is 0.167. The third-order valence-corrected chi connectivity index (χ3v) is 5.19. The summed E-state index contributed by atoms with van der Waals surface area (Å²) in [7, 11) is 0. The van der Waals surface area contributed by atoms with Crippen LogP contribution in [0.3, 0.4) is 0 Å². The molecular weight excluding hydrogens is 346 g/mol. The van der Waals surface area contributed by atoms with Crippen LogP contribution >= 0.6 is 0 Å². The van der Waals surface area contributed by atoms with Crippen molar-refractivity contribution >= 4 is 5.91 Å². The number of carbonyl (C=O) groups is 1. The van der Waals surface area contributed by atoms with E-state index in [-0.39, 0.29) is 11.9 Å². The molecule has 0 aromatic heterocycles. The smallest absolute Gasteiger partial charge is 0.253 e. The summed E-state index contributed by atoms with van der Waals surface area (Å²) in [5.41, 5.74) is 11.3. The first-order chi connectivity index (χ1) is 13.7. The lowest BCUT2D eigenvalue weighted by Gasteiger charge is -2.18. The number of likely N-dealkylation sites (tertiary alicyclic amines) is 1. The molecule has 4 nitrogen and oxygen atoms in total. The van der Waals surface area contributed by atoms with Crippen LogP contribution in [0.15, 0.2) is 72.8 Å². The zero-order valence-corrected chi connectivity index (χ0v) is 15.5. The van der Waals surface area contributed by atoms with Gasteiger partial charge in [0.05, 0.1) is 11.6 Å². The summed E-state index contributed by atoms with van der Waals surface area (Å²) in [6.45, 7) is 1.30. The number of amides is 1. The summed E-state index contributed by atoms with van der Waals surface area (Å²) in [6.07, 6.45) is 0.844. The van der Waals surface area contributed by atoms with Gasteiger partial charge in [-0.2, -0.15) is 5.26 Å². The van der Waals surface area contributed by atoms with Crippen LogP contribution in [-0.4, -0.2) is 29.9 Å². The number of nitrogens with zero attached hydrogens (tertiary/aromatic N) is 2. The number of carbonyl (C=O) groups excluding carboxylic acids is 1. The van der Waals surface area contributed by atoms with Crippen molar-refractivity contribution in [1.82, 2.24) is 4.90 Å². The van der Waals surface area contributed by atoms with Crippen molar-refractivity contribution in [2.24, 2.45) is 5.73 Å². The van der Waals surface area contributed by atoms with E-state index in [1.54, 1.807) is 12.1 Å². The van der Waals surface area contributed by atoms with Crippen molar-refractivity contribution in [1.29, 1.82) is 5.26 Å². The number of rotatable bonds is 3. The van der Waals surface area contributed by atoms with Crippen molar-refractivity contribution in [3.63, 3.8) is 0 Å². The van der Waals surface area contributed by atoms with E-state index in [0.29, 0.717) is 24.2 Å². The molecule has 3 aromatic carbocycles. The average molecular weight is 367 g/mol. The quantitative estimate of drug-likeness (QED) is 0.759.